The molecule has 0 aliphatic heterocycles. The summed E-state index contributed by atoms with van der Waals surface area (Å²) in [7, 11) is 0. The molecule has 4 aromatic rings. The molecule has 0 fully saturated rings. The second-order valence-electron chi connectivity index (χ2n) is 7.84. The van der Waals surface area contributed by atoms with Crippen LogP contribution in [0.25, 0.3) is 22.4 Å². The number of carbonyl (C=O) groups is 2. The zero-order chi connectivity index (χ0) is 22.7. The van der Waals surface area contributed by atoms with Gasteiger partial charge in [-0.05, 0) is 56.2 Å². The Balaban J connectivity index is 1.49. The van der Waals surface area contributed by atoms with Crippen molar-refractivity contribution >= 4 is 28.6 Å². The number of nitrogens with one attached hydrogen (secondary N) is 2. The molecule has 4 rings (SSSR count). The monoisotopic (exact) mass is 427 g/mol. The maximum absolute atomic E-state index is 12.7. The summed E-state index contributed by atoms with van der Waals surface area (Å²) in [6.45, 7) is 5.79. The molecule has 0 saturated heterocycles. The number of fused-ring (bicyclic) bond motifs is 1. The molecule has 162 valence electrons. The standard InChI is InChI=1S/C26H25N3O3/c1-4-23(25(30)27-20-7-5-6-17(3)14-20)32-26(31)19-12-13-21-22(15-19)29-24(28-21)18-10-8-16(2)9-11-18/h5-15,23H,4H2,1-3H3,(H,27,30)(H,28,29). The van der Waals surface area contributed by atoms with Gasteiger partial charge in [0.15, 0.2) is 6.10 Å². The molecule has 0 radical (unpaired) electrons. The third kappa shape index (κ3) is 4.70. The molecule has 2 N–H and O–H groups in total. The minimum atomic E-state index is -0.886. The Hall–Kier alpha value is -3.93. The number of aromatic amines is 1. The summed E-state index contributed by atoms with van der Waals surface area (Å²) >= 11 is 0. The number of benzene rings is 3. The van der Waals surface area contributed by atoms with E-state index in [-0.39, 0.29) is 5.91 Å². The molecule has 1 unspecified atom stereocenters. The van der Waals surface area contributed by atoms with Crippen molar-refractivity contribution < 1.29 is 14.3 Å². The van der Waals surface area contributed by atoms with Crippen LogP contribution in [0.4, 0.5) is 5.69 Å². The van der Waals surface area contributed by atoms with E-state index in [0.717, 1.165) is 28.0 Å². The van der Waals surface area contributed by atoms with Gasteiger partial charge >= 0.3 is 5.97 Å². The van der Waals surface area contributed by atoms with Gasteiger partial charge in [-0.3, -0.25) is 4.79 Å². The Morgan fingerprint density at radius 2 is 1.78 bits per heavy atom. The highest BCUT2D eigenvalue weighted by Crippen LogP contribution is 2.22. The van der Waals surface area contributed by atoms with E-state index in [2.05, 4.69) is 15.3 Å². The van der Waals surface area contributed by atoms with Crippen LogP contribution in [0, 0.1) is 13.8 Å². The van der Waals surface area contributed by atoms with Crippen LogP contribution in [0.5, 0.6) is 0 Å². The topological polar surface area (TPSA) is 84.1 Å². The van der Waals surface area contributed by atoms with E-state index in [1.165, 1.54) is 5.56 Å². The van der Waals surface area contributed by atoms with Crippen LogP contribution in [0.2, 0.25) is 0 Å². The number of esters is 1. The lowest BCUT2D eigenvalue weighted by Crippen LogP contribution is -2.32. The normalized spacial score (nSPS) is 11.8. The van der Waals surface area contributed by atoms with Gasteiger partial charge in [0.25, 0.3) is 5.91 Å². The molecule has 3 aromatic carbocycles. The molecular formula is C26H25N3O3. The summed E-state index contributed by atoms with van der Waals surface area (Å²) in [6, 6.07) is 20.7. The number of aromatic nitrogens is 2. The Kier molecular flexibility index (Phi) is 6.03. The molecule has 1 amide bonds. The fourth-order valence-corrected chi connectivity index (χ4v) is 3.45. The average molecular weight is 428 g/mol. The maximum Gasteiger partial charge on any atom is 0.338 e. The first-order valence-corrected chi connectivity index (χ1v) is 10.6. The summed E-state index contributed by atoms with van der Waals surface area (Å²) in [5.74, 6) is -0.171. The van der Waals surface area contributed by atoms with Gasteiger partial charge in [-0.2, -0.15) is 0 Å². The highest BCUT2D eigenvalue weighted by molar-refractivity contribution is 5.99. The van der Waals surface area contributed by atoms with Crippen molar-refractivity contribution in [2.45, 2.75) is 33.3 Å². The van der Waals surface area contributed by atoms with Crippen molar-refractivity contribution in [3.63, 3.8) is 0 Å². The molecule has 1 atom stereocenters. The van der Waals surface area contributed by atoms with E-state index in [0.29, 0.717) is 17.7 Å². The summed E-state index contributed by atoms with van der Waals surface area (Å²) in [5.41, 5.74) is 5.69. The number of H-pyrrole nitrogens is 1. The molecule has 0 aliphatic rings. The fraction of sp³-hybridized carbons (Fsp3) is 0.192. The highest BCUT2D eigenvalue weighted by Gasteiger charge is 2.22. The lowest BCUT2D eigenvalue weighted by atomic mass is 10.1. The van der Waals surface area contributed by atoms with Crippen molar-refractivity contribution in [2.24, 2.45) is 0 Å². The number of nitrogens with zero attached hydrogens (tertiary/aromatic N) is 1. The van der Waals surface area contributed by atoms with Crippen LogP contribution < -0.4 is 5.32 Å². The predicted molar refractivity (Wildman–Crippen MR) is 126 cm³/mol. The fourth-order valence-electron chi connectivity index (χ4n) is 3.45. The van der Waals surface area contributed by atoms with Crippen LogP contribution in [-0.4, -0.2) is 27.9 Å². The van der Waals surface area contributed by atoms with Gasteiger partial charge in [0.05, 0.1) is 16.6 Å². The number of carbonyl (C=O) groups excluding carboxylic acids is 2. The van der Waals surface area contributed by atoms with E-state index >= 15 is 0 Å². The average Bonchev–Trinajstić information content (AvgIpc) is 3.21. The molecule has 32 heavy (non-hydrogen) atoms. The van der Waals surface area contributed by atoms with Gasteiger partial charge in [0, 0.05) is 11.3 Å². The number of rotatable bonds is 6. The van der Waals surface area contributed by atoms with Crippen molar-refractivity contribution in [1.29, 1.82) is 0 Å². The van der Waals surface area contributed by atoms with Crippen molar-refractivity contribution in [2.75, 3.05) is 5.32 Å². The first-order valence-electron chi connectivity index (χ1n) is 10.6. The van der Waals surface area contributed by atoms with Crippen LogP contribution in [0.15, 0.2) is 66.7 Å². The molecule has 0 spiro atoms. The van der Waals surface area contributed by atoms with Gasteiger partial charge in [-0.15, -0.1) is 0 Å². The van der Waals surface area contributed by atoms with Gasteiger partial charge in [-0.25, -0.2) is 9.78 Å². The van der Waals surface area contributed by atoms with E-state index in [1.807, 2.05) is 56.3 Å². The summed E-state index contributed by atoms with van der Waals surface area (Å²) in [5, 5.41) is 2.81. The minimum absolute atomic E-state index is 0.351. The number of hydrogen-bond acceptors (Lipinski definition) is 4. The highest BCUT2D eigenvalue weighted by atomic mass is 16.5. The largest absolute Gasteiger partial charge is 0.449 e. The Bertz CT molecular complexity index is 1280. The molecule has 1 heterocycles. The van der Waals surface area contributed by atoms with Crippen LogP contribution in [0.1, 0.15) is 34.8 Å². The van der Waals surface area contributed by atoms with Crippen LogP contribution in [-0.2, 0) is 9.53 Å². The van der Waals surface area contributed by atoms with Gasteiger partial charge < -0.3 is 15.0 Å². The molecule has 6 nitrogen and oxygen atoms in total. The lowest BCUT2D eigenvalue weighted by Gasteiger charge is -2.16. The summed E-state index contributed by atoms with van der Waals surface area (Å²) < 4.78 is 5.52. The summed E-state index contributed by atoms with van der Waals surface area (Å²) in [4.78, 5) is 33.2. The lowest BCUT2D eigenvalue weighted by molar-refractivity contribution is -0.124. The summed E-state index contributed by atoms with van der Waals surface area (Å²) in [6.07, 6.45) is -0.517. The maximum atomic E-state index is 12.7. The van der Waals surface area contributed by atoms with E-state index in [1.54, 1.807) is 31.2 Å². The van der Waals surface area contributed by atoms with Crippen molar-refractivity contribution in [1.82, 2.24) is 9.97 Å². The Labute approximate surface area is 186 Å². The Morgan fingerprint density at radius 3 is 2.50 bits per heavy atom. The number of amides is 1. The predicted octanol–water partition coefficient (Wildman–Crippen LogP) is 5.42. The number of hydrogen-bond donors (Lipinski definition) is 2. The quantitative estimate of drug-likeness (QED) is 0.402. The second kappa shape index (κ2) is 9.06. The zero-order valence-corrected chi connectivity index (χ0v) is 18.3. The van der Waals surface area contributed by atoms with E-state index < -0.39 is 12.1 Å². The molecule has 0 bridgehead atoms. The zero-order valence-electron chi connectivity index (χ0n) is 18.3. The Morgan fingerprint density at radius 1 is 1.00 bits per heavy atom. The first kappa shape index (κ1) is 21.3. The van der Waals surface area contributed by atoms with Gasteiger partial charge in [-0.1, -0.05) is 48.9 Å². The first-order chi connectivity index (χ1) is 15.4. The number of anilines is 1. The number of aryl methyl sites for hydroxylation is 2. The number of imidazole rings is 1. The molecular weight excluding hydrogens is 402 g/mol. The minimum Gasteiger partial charge on any atom is -0.449 e. The van der Waals surface area contributed by atoms with Crippen molar-refractivity contribution in [3.05, 3.63) is 83.4 Å². The molecule has 6 heteroatoms. The molecule has 1 aromatic heterocycles. The van der Waals surface area contributed by atoms with Crippen LogP contribution in [0.3, 0.4) is 0 Å². The third-order valence-electron chi connectivity index (χ3n) is 5.24. The SMILES string of the molecule is CCC(OC(=O)c1ccc2nc(-c3ccc(C)cc3)[nH]c2c1)C(=O)Nc1cccc(C)c1. The molecule has 0 saturated carbocycles. The van der Waals surface area contributed by atoms with E-state index in [4.69, 9.17) is 4.74 Å². The van der Waals surface area contributed by atoms with Gasteiger partial charge in [0.2, 0.25) is 0 Å². The van der Waals surface area contributed by atoms with E-state index in [9.17, 15) is 9.59 Å². The van der Waals surface area contributed by atoms with Gasteiger partial charge in [0.1, 0.15) is 5.82 Å². The molecule has 0 aliphatic carbocycles. The third-order valence-corrected chi connectivity index (χ3v) is 5.24. The van der Waals surface area contributed by atoms with Crippen LogP contribution >= 0.6 is 0 Å². The second-order valence-corrected chi connectivity index (χ2v) is 7.84. The number of ether oxygens (including phenoxy) is 1. The smallest absolute Gasteiger partial charge is 0.338 e. The van der Waals surface area contributed by atoms with Crippen molar-refractivity contribution in [3.8, 4) is 11.4 Å².